The zero-order chi connectivity index (χ0) is 8.97. The first-order chi connectivity index (χ1) is 5.68. The lowest BCUT2D eigenvalue weighted by atomic mass is 9.95. The zero-order valence-corrected chi connectivity index (χ0v) is 7.67. The van der Waals surface area contributed by atoms with Gasteiger partial charge in [-0.25, -0.2) is 0 Å². The summed E-state index contributed by atoms with van der Waals surface area (Å²) in [6.45, 7) is 5.19. The smallest absolute Gasteiger partial charge is 0.113 e. The summed E-state index contributed by atoms with van der Waals surface area (Å²) < 4.78 is 0. The average molecular weight is 159 g/mol. The first-order valence-corrected chi connectivity index (χ1v) is 4.26. The van der Waals surface area contributed by atoms with Crippen LogP contribution >= 0.6 is 0 Å². The molecule has 2 radical (unpaired) electrons. The SMILES string of the molecule is [B]c1ccc(CNC(C)C)cc1. The van der Waals surface area contributed by atoms with Crippen LogP contribution in [0.2, 0.25) is 0 Å². The Balaban J connectivity index is 2.48. The van der Waals surface area contributed by atoms with Crippen LogP contribution in [0.4, 0.5) is 0 Å². The summed E-state index contributed by atoms with van der Waals surface area (Å²) in [5.41, 5.74) is 2.10. The van der Waals surface area contributed by atoms with Gasteiger partial charge in [-0.3, -0.25) is 0 Å². The molecule has 0 aliphatic heterocycles. The van der Waals surface area contributed by atoms with Gasteiger partial charge in [-0.05, 0) is 5.56 Å². The Morgan fingerprint density at radius 3 is 2.33 bits per heavy atom. The van der Waals surface area contributed by atoms with Crippen molar-refractivity contribution in [1.29, 1.82) is 0 Å². The predicted molar refractivity (Wildman–Crippen MR) is 53.8 cm³/mol. The van der Waals surface area contributed by atoms with Crippen LogP contribution in [0.3, 0.4) is 0 Å². The fraction of sp³-hybridized carbons (Fsp3) is 0.400. The second-order valence-corrected chi connectivity index (χ2v) is 3.28. The molecule has 1 aromatic carbocycles. The quantitative estimate of drug-likeness (QED) is 0.648. The lowest BCUT2D eigenvalue weighted by molar-refractivity contribution is 0.589. The van der Waals surface area contributed by atoms with E-state index in [-0.39, 0.29) is 0 Å². The number of benzene rings is 1. The third-order valence-electron chi connectivity index (χ3n) is 1.69. The molecule has 1 aromatic rings. The molecule has 0 spiro atoms. The molecule has 0 atom stereocenters. The van der Waals surface area contributed by atoms with Crippen LogP contribution in [0.1, 0.15) is 19.4 Å². The molecule has 1 rings (SSSR count). The summed E-state index contributed by atoms with van der Waals surface area (Å²) in [7, 11) is 5.56. The highest BCUT2D eigenvalue weighted by atomic mass is 14.9. The molecule has 12 heavy (non-hydrogen) atoms. The summed E-state index contributed by atoms with van der Waals surface area (Å²) in [5, 5.41) is 3.34. The van der Waals surface area contributed by atoms with Gasteiger partial charge in [0, 0.05) is 12.6 Å². The fourth-order valence-electron chi connectivity index (χ4n) is 0.957. The van der Waals surface area contributed by atoms with Crippen LogP contribution in [-0.2, 0) is 6.54 Å². The molecule has 2 heteroatoms. The number of hydrogen-bond acceptors (Lipinski definition) is 1. The maximum atomic E-state index is 5.56. The van der Waals surface area contributed by atoms with E-state index < -0.39 is 0 Å². The van der Waals surface area contributed by atoms with Crippen molar-refractivity contribution in [2.75, 3.05) is 0 Å². The van der Waals surface area contributed by atoms with Crippen molar-refractivity contribution < 1.29 is 0 Å². The largest absolute Gasteiger partial charge is 0.310 e. The second-order valence-electron chi connectivity index (χ2n) is 3.28. The summed E-state index contributed by atoms with van der Waals surface area (Å²) in [5.74, 6) is 0. The van der Waals surface area contributed by atoms with Crippen LogP contribution in [-0.4, -0.2) is 13.9 Å². The normalized spacial score (nSPS) is 10.6. The van der Waals surface area contributed by atoms with Crippen LogP contribution in [0.25, 0.3) is 0 Å². The van der Waals surface area contributed by atoms with Gasteiger partial charge in [-0.1, -0.05) is 43.6 Å². The minimum absolute atomic E-state index is 0.530. The van der Waals surface area contributed by atoms with Gasteiger partial charge in [0.1, 0.15) is 7.85 Å². The van der Waals surface area contributed by atoms with Gasteiger partial charge in [-0.2, -0.15) is 0 Å². The Bertz CT molecular complexity index is 228. The van der Waals surface area contributed by atoms with Crippen molar-refractivity contribution in [2.45, 2.75) is 26.4 Å². The van der Waals surface area contributed by atoms with E-state index in [1.54, 1.807) is 0 Å². The minimum Gasteiger partial charge on any atom is -0.310 e. The maximum absolute atomic E-state index is 5.56. The van der Waals surface area contributed by atoms with E-state index in [1.165, 1.54) is 5.56 Å². The van der Waals surface area contributed by atoms with E-state index >= 15 is 0 Å². The Hall–Kier alpha value is -0.755. The molecular formula is C10H14BN. The third kappa shape index (κ3) is 3.10. The molecule has 0 saturated heterocycles. The number of rotatable bonds is 3. The Morgan fingerprint density at radius 1 is 1.25 bits per heavy atom. The molecule has 0 aromatic heterocycles. The van der Waals surface area contributed by atoms with Crippen LogP contribution in [0.15, 0.2) is 24.3 Å². The molecule has 0 aliphatic rings. The molecular weight excluding hydrogens is 145 g/mol. The van der Waals surface area contributed by atoms with E-state index in [4.69, 9.17) is 7.85 Å². The monoisotopic (exact) mass is 159 g/mol. The highest BCUT2D eigenvalue weighted by Gasteiger charge is 1.93. The van der Waals surface area contributed by atoms with Gasteiger partial charge in [0.2, 0.25) is 0 Å². The standard InChI is InChI=1S/C10H14BN/c1-8(2)12-7-9-3-5-10(11)6-4-9/h3-6,8,12H,7H2,1-2H3. The van der Waals surface area contributed by atoms with Crippen LogP contribution < -0.4 is 10.8 Å². The zero-order valence-electron chi connectivity index (χ0n) is 7.67. The Kier molecular flexibility index (Phi) is 3.36. The van der Waals surface area contributed by atoms with Gasteiger partial charge < -0.3 is 5.32 Å². The molecule has 1 N–H and O–H groups in total. The van der Waals surface area contributed by atoms with Crippen LogP contribution in [0.5, 0.6) is 0 Å². The van der Waals surface area contributed by atoms with E-state index in [0.29, 0.717) is 6.04 Å². The number of nitrogens with one attached hydrogen (secondary N) is 1. The highest BCUT2D eigenvalue weighted by Crippen LogP contribution is 1.95. The summed E-state index contributed by atoms with van der Waals surface area (Å²) >= 11 is 0. The minimum atomic E-state index is 0.530. The maximum Gasteiger partial charge on any atom is 0.113 e. The first kappa shape index (κ1) is 9.33. The molecule has 1 nitrogen and oxygen atoms in total. The fourth-order valence-corrected chi connectivity index (χ4v) is 0.957. The highest BCUT2D eigenvalue weighted by molar-refractivity contribution is 6.32. The van der Waals surface area contributed by atoms with Crippen molar-refractivity contribution in [3.05, 3.63) is 29.8 Å². The van der Waals surface area contributed by atoms with Gasteiger partial charge in [-0.15, -0.1) is 0 Å². The predicted octanol–water partition coefficient (Wildman–Crippen LogP) is 0.978. The van der Waals surface area contributed by atoms with Crippen molar-refractivity contribution in [3.63, 3.8) is 0 Å². The second kappa shape index (κ2) is 4.32. The summed E-state index contributed by atoms with van der Waals surface area (Å²) in [6.07, 6.45) is 0. The molecule has 62 valence electrons. The van der Waals surface area contributed by atoms with Gasteiger partial charge in [0.15, 0.2) is 0 Å². The molecule has 0 heterocycles. The van der Waals surface area contributed by atoms with Gasteiger partial charge >= 0.3 is 0 Å². The summed E-state index contributed by atoms with van der Waals surface area (Å²) in [6, 6.07) is 8.48. The van der Waals surface area contributed by atoms with E-state index in [2.05, 4.69) is 19.2 Å². The van der Waals surface area contributed by atoms with Crippen molar-refractivity contribution in [2.24, 2.45) is 0 Å². The van der Waals surface area contributed by atoms with E-state index in [1.807, 2.05) is 24.3 Å². The summed E-state index contributed by atoms with van der Waals surface area (Å²) in [4.78, 5) is 0. The topological polar surface area (TPSA) is 12.0 Å². The van der Waals surface area contributed by atoms with Crippen molar-refractivity contribution in [3.8, 4) is 0 Å². The number of hydrogen-bond donors (Lipinski definition) is 1. The molecule has 0 unspecified atom stereocenters. The molecule has 0 bridgehead atoms. The lowest BCUT2D eigenvalue weighted by Crippen LogP contribution is -2.21. The first-order valence-electron chi connectivity index (χ1n) is 4.26. The Morgan fingerprint density at radius 2 is 1.83 bits per heavy atom. The van der Waals surface area contributed by atoms with Gasteiger partial charge in [0.05, 0.1) is 0 Å². The lowest BCUT2D eigenvalue weighted by Gasteiger charge is -2.07. The van der Waals surface area contributed by atoms with Gasteiger partial charge in [0.25, 0.3) is 0 Å². The molecule has 0 aliphatic carbocycles. The van der Waals surface area contributed by atoms with Crippen molar-refractivity contribution in [1.82, 2.24) is 5.32 Å². The Labute approximate surface area is 75.6 Å². The molecule has 0 saturated carbocycles. The third-order valence-corrected chi connectivity index (χ3v) is 1.69. The average Bonchev–Trinajstić information content (AvgIpc) is 2.03. The van der Waals surface area contributed by atoms with E-state index in [9.17, 15) is 0 Å². The molecule has 0 amide bonds. The van der Waals surface area contributed by atoms with Crippen LogP contribution in [0, 0.1) is 0 Å². The van der Waals surface area contributed by atoms with Crippen molar-refractivity contribution >= 4 is 13.3 Å². The molecule has 0 fully saturated rings. The van der Waals surface area contributed by atoms with E-state index in [0.717, 1.165) is 12.0 Å².